The van der Waals surface area contributed by atoms with Gasteiger partial charge in [-0.1, -0.05) is 49.3 Å². The monoisotopic (exact) mass is 285 g/mol. The van der Waals surface area contributed by atoms with Crippen molar-refractivity contribution >= 4 is 0 Å². The van der Waals surface area contributed by atoms with E-state index in [4.69, 9.17) is 4.52 Å². The van der Waals surface area contributed by atoms with Crippen molar-refractivity contribution in [2.75, 3.05) is 19.6 Å². The molecule has 21 heavy (non-hydrogen) atoms. The van der Waals surface area contributed by atoms with E-state index in [-0.39, 0.29) is 0 Å². The van der Waals surface area contributed by atoms with Crippen molar-refractivity contribution in [3.05, 3.63) is 53.4 Å². The fourth-order valence-electron chi connectivity index (χ4n) is 2.76. The number of hydrogen-bond donors (Lipinski definition) is 1. The van der Waals surface area contributed by atoms with Gasteiger partial charge in [-0.05, 0) is 11.5 Å². The number of piperazine rings is 1. The topological polar surface area (TPSA) is 41.3 Å². The molecule has 2 aromatic rings. The Morgan fingerprint density at radius 2 is 2.14 bits per heavy atom. The molecule has 1 atom stereocenters. The van der Waals surface area contributed by atoms with Crippen LogP contribution in [0, 0.1) is 0 Å². The van der Waals surface area contributed by atoms with E-state index in [0.717, 1.165) is 37.6 Å². The van der Waals surface area contributed by atoms with Crippen LogP contribution < -0.4 is 5.32 Å². The molecule has 0 unspecified atom stereocenters. The van der Waals surface area contributed by atoms with Crippen LogP contribution >= 0.6 is 0 Å². The average Bonchev–Trinajstić information content (AvgIpc) is 2.97. The molecule has 1 aromatic heterocycles. The molecule has 0 radical (unpaired) electrons. The van der Waals surface area contributed by atoms with Gasteiger partial charge in [-0.25, -0.2) is 0 Å². The zero-order chi connectivity index (χ0) is 14.7. The van der Waals surface area contributed by atoms with E-state index in [1.54, 1.807) is 0 Å². The fourth-order valence-corrected chi connectivity index (χ4v) is 2.76. The molecule has 0 aliphatic carbocycles. The van der Waals surface area contributed by atoms with Crippen molar-refractivity contribution in [3.63, 3.8) is 0 Å². The predicted molar refractivity (Wildman–Crippen MR) is 83.1 cm³/mol. The van der Waals surface area contributed by atoms with E-state index in [1.165, 1.54) is 5.56 Å². The van der Waals surface area contributed by atoms with Gasteiger partial charge in [-0.2, -0.15) is 0 Å². The summed E-state index contributed by atoms with van der Waals surface area (Å²) >= 11 is 0. The lowest BCUT2D eigenvalue weighted by atomic mass is 10.0. The third kappa shape index (κ3) is 3.52. The first-order valence-corrected chi connectivity index (χ1v) is 7.68. The highest BCUT2D eigenvalue weighted by Gasteiger charge is 2.21. The van der Waals surface area contributed by atoms with Gasteiger partial charge in [0.15, 0.2) is 5.76 Å². The van der Waals surface area contributed by atoms with Crippen LogP contribution in [0.1, 0.15) is 42.8 Å². The Labute approximate surface area is 126 Å². The van der Waals surface area contributed by atoms with Gasteiger partial charge >= 0.3 is 0 Å². The van der Waals surface area contributed by atoms with Crippen LogP contribution in [0.2, 0.25) is 0 Å². The largest absolute Gasteiger partial charge is 0.360 e. The first-order valence-electron chi connectivity index (χ1n) is 7.68. The molecule has 1 N–H and O–H groups in total. The van der Waals surface area contributed by atoms with Gasteiger partial charge in [-0.15, -0.1) is 0 Å². The Morgan fingerprint density at radius 3 is 2.86 bits per heavy atom. The molecule has 0 bridgehead atoms. The number of benzene rings is 1. The number of hydrogen-bond acceptors (Lipinski definition) is 4. The lowest BCUT2D eigenvalue weighted by Gasteiger charge is -2.33. The molecule has 1 fully saturated rings. The van der Waals surface area contributed by atoms with E-state index >= 15 is 0 Å². The molecular weight excluding hydrogens is 262 g/mol. The highest BCUT2D eigenvalue weighted by Crippen LogP contribution is 2.20. The van der Waals surface area contributed by atoms with Crippen molar-refractivity contribution in [1.29, 1.82) is 0 Å². The maximum atomic E-state index is 5.46. The molecule has 112 valence electrons. The van der Waals surface area contributed by atoms with Gasteiger partial charge < -0.3 is 9.84 Å². The molecule has 1 aromatic carbocycles. The molecule has 0 amide bonds. The quantitative estimate of drug-likeness (QED) is 0.937. The molecule has 3 rings (SSSR count). The minimum atomic E-state index is 0.396. The first kappa shape index (κ1) is 14.3. The zero-order valence-electron chi connectivity index (χ0n) is 12.7. The Balaban J connectivity index is 1.63. The van der Waals surface area contributed by atoms with Crippen molar-refractivity contribution in [2.24, 2.45) is 0 Å². The Hall–Kier alpha value is -1.65. The Kier molecular flexibility index (Phi) is 4.36. The van der Waals surface area contributed by atoms with Gasteiger partial charge in [0.1, 0.15) is 0 Å². The zero-order valence-corrected chi connectivity index (χ0v) is 12.7. The maximum Gasteiger partial charge on any atom is 0.150 e. The van der Waals surface area contributed by atoms with Crippen molar-refractivity contribution in [2.45, 2.75) is 32.4 Å². The Bertz CT molecular complexity index is 564. The summed E-state index contributed by atoms with van der Waals surface area (Å²) in [6.45, 7) is 8.16. The van der Waals surface area contributed by atoms with E-state index in [2.05, 4.69) is 65.6 Å². The lowest BCUT2D eigenvalue weighted by molar-refractivity contribution is 0.174. The number of nitrogens with one attached hydrogen (secondary N) is 1. The molecular formula is C17H23N3O. The summed E-state index contributed by atoms with van der Waals surface area (Å²) < 4.78 is 5.46. The summed E-state index contributed by atoms with van der Waals surface area (Å²) in [5.74, 6) is 1.38. The summed E-state index contributed by atoms with van der Waals surface area (Å²) in [4.78, 5) is 2.43. The number of rotatable bonds is 4. The molecule has 1 saturated heterocycles. The smallest absolute Gasteiger partial charge is 0.150 e. The minimum absolute atomic E-state index is 0.396. The molecule has 4 nitrogen and oxygen atoms in total. The van der Waals surface area contributed by atoms with E-state index in [0.29, 0.717) is 12.0 Å². The molecule has 0 saturated carbocycles. The summed E-state index contributed by atoms with van der Waals surface area (Å²) in [5, 5.41) is 7.73. The molecule has 4 heteroatoms. The van der Waals surface area contributed by atoms with Gasteiger partial charge in [0.25, 0.3) is 0 Å². The van der Waals surface area contributed by atoms with Gasteiger partial charge in [0.2, 0.25) is 0 Å². The van der Waals surface area contributed by atoms with Gasteiger partial charge in [0.05, 0.1) is 12.2 Å². The first-order chi connectivity index (χ1) is 10.2. The molecule has 1 aliphatic rings. The lowest BCUT2D eigenvalue weighted by Crippen LogP contribution is -2.45. The van der Waals surface area contributed by atoms with Crippen LogP contribution in [0.4, 0.5) is 0 Å². The average molecular weight is 285 g/mol. The predicted octanol–water partition coefficient (Wildman–Crippen LogP) is 2.94. The van der Waals surface area contributed by atoms with Crippen LogP contribution in [0.5, 0.6) is 0 Å². The SMILES string of the molecule is CC(C)c1cc(CN2CCN[C@@H](c3ccccc3)C2)on1. The van der Waals surface area contributed by atoms with E-state index in [9.17, 15) is 0 Å². The second-order valence-corrected chi connectivity index (χ2v) is 6.03. The molecule has 0 spiro atoms. The maximum absolute atomic E-state index is 5.46. The standard InChI is InChI=1S/C17H23N3O/c1-13(2)16-10-15(21-19-16)11-20-9-8-18-17(12-20)14-6-4-3-5-7-14/h3-7,10,13,17-18H,8-9,11-12H2,1-2H3/t17-/m1/s1. The number of aromatic nitrogens is 1. The van der Waals surface area contributed by atoms with Crippen molar-refractivity contribution in [1.82, 2.24) is 15.4 Å². The fraction of sp³-hybridized carbons (Fsp3) is 0.471. The summed E-state index contributed by atoms with van der Waals surface area (Å²) in [7, 11) is 0. The number of nitrogens with zero attached hydrogens (tertiary/aromatic N) is 2. The van der Waals surface area contributed by atoms with E-state index < -0.39 is 0 Å². The third-order valence-corrected chi connectivity index (χ3v) is 4.01. The van der Waals surface area contributed by atoms with Crippen LogP contribution in [-0.4, -0.2) is 29.7 Å². The highest BCUT2D eigenvalue weighted by atomic mass is 16.5. The van der Waals surface area contributed by atoms with Crippen LogP contribution in [0.15, 0.2) is 40.9 Å². The van der Waals surface area contributed by atoms with Crippen molar-refractivity contribution < 1.29 is 4.52 Å². The summed E-state index contributed by atoms with van der Waals surface area (Å²) in [5.41, 5.74) is 2.39. The van der Waals surface area contributed by atoms with Crippen LogP contribution in [-0.2, 0) is 6.54 Å². The molecule has 2 heterocycles. The normalized spacial score (nSPS) is 20.0. The van der Waals surface area contributed by atoms with Gasteiger partial charge in [-0.3, -0.25) is 4.90 Å². The summed E-state index contributed by atoms with van der Waals surface area (Å²) in [6.07, 6.45) is 0. The second-order valence-electron chi connectivity index (χ2n) is 6.03. The summed E-state index contributed by atoms with van der Waals surface area (Å²) in [6, 6.07) is 13.1. The van der Waals surface area contributed by atoms with Crippen molar-refractivity contribution in [3.8, 4) is 0 Å². The van der Waals surface area contributed by atoms with Crippen LogP contribution in [0.3, 0.4) is 0 Å². The minimum Gasteiger partial charge on any atom is -0.360 e. The van der Waals surface area contributed by atoms with Crippen LogP contribution in [0.25, 0.3) is 0 Å². The van der Waals surface area contributed by atoms with Gasteiger partial charge in [0, 0.05) is 31.7 Å². The third-order valence-electron chi connectivity index (χ3n) is 4.01. The second kappa shape index (κ2) is 6.41. The van der Waals surface area contributed by atoms with E-state index in [1.807, 2.05) is 0 Å². The highest BCUT2D eigenvalue weighted by molar-refractivity contribution is 5.20. The Morgan fingerprint density at radius 1 is 1.33 bits per heavy atom. The molecule has 1 aliphatic heterocycles.